The van der Waals surface area contributed by atoms with Crippen LogP contribution in [-0.2, 0) is 14.3 Å². The third kappa shape index (κ3) is 6.93. The number of benzene rings is 1. The molecule has 4 atom stereocenters. The normalized spacial score (nSPS) is 24.9. The van der Waals surface area contributed by atoms with Crippen LogP contribution in [0.25, 0.3) is 0 Å². The molecule has 29 heavy (non-hydrogen) atoms. The van der Waals surface area contributed by atoms with Crippen molar-refractivity contribution >= 4 is 17.6 Å². The second-order valence-electron chi connectivity index (χ2n) is 7.71. The summed E-state index contributed by atoms with van der Waals surface area (Å²) >= 11 is 0. The quantitative estimate of drug-likeness (QED) is 0.487. The van der Waals surface area contributed by atoms with Crippen LogP contribution in [0.5, 0.6) is 0 Å². The minimum absolute atomic E-state index is 0.150. The maximum absolute atomic E-state index is 11.9. The Kier molecular flexibility index (Phi) is 7.92. The summed E-state index contributed by atoms with van der Waals surface area (Å²) in [6, 6.07) is 5.89. The number of carbonyl (C=O) groups excluding carboxylic acids is 1. The molecule has 1 amide bonds. The van der Waals surface area contributed by atoms with E-state index in [9.17, 15) is 19.8 Å². The summed E-state index contributed by atoms with van der Waals surface area (Å²) in [5.41, 5.74) is -0.128. The molecule has 3 unspecified atom stereocenters. The minimum atomic E-state index is -1.02. The Hall–Kier alpha value is -2.26. The van der Waals surface area contributed by atoms with Crippen molar-refractivity contribution in [2.24, 2.45) is 0 Å². The predicted molar refractivity (Wildman–Crippen MR) is 107 cm³/mol. The van der Waals surface area contributed by atoms with E-state index in [2.05, 4.69) is 5.32 Å². The SMILES string of the molecule is C[C@H](CC/C=C/C(=O)Nc1ccc(C(=O)O)cc1)OC1OC(C)(C)C(O)CC1O. The van der Waals surface area contributed by atoms with Crippen LogP contribution in [0.2, 0.25) is 0 Å². The fourth-order valence-electron chi connectivity index (χ4n) is 2.90. The second-order valence-corrected chi connectivity index (χ2v) is 7.71. The van der Waals surface area contributed by atoms with E-state index < -0.39 is 30.1 Å². The van der Waals surface area contributed by atoms with Crippen LogP contribution in [0.3, 0.4) is 0 Å². The van der Waals surface area contributed by atoms with Crippen LogP contribution < -0.4 is 5.32 Å². The van der Waals surface area contributed by atoms with Crippen LogP contribution in [0.15, 0.2) is 36.4 Å². The predicted octanol–water partition coefficient (Wildman–Crippen LogP) is 2.31. The molecule has 8 heteroatoms. The molecule has 4 N–H and O–H groups in total. The highest BCUT2D eigenvalue weighted by atomic mass is 16.7. The first-order valence-electron chi connectivity index (χ1n) is 9.59. The van der Waals surface area contributed by atoms with E-state index in [0.717, 1.165) is 0 Å². The average Bonchev–Trinajstić information content (AvgIpc) is 2.63. The zero-order valence-corrected chi connectivity index (χ0v) is 16.9. The number of allylic oxidation sites excluding steroid dienone is 1. The highest BCUT2D eigenvalue weighted by Gasteiger charge is 2.42. The van der Waals surface area contributed by atoms with Gasteiger partial charge in [0.05, 0.1) is 23.4 Å². The zero-order chi connectivity index (χ0) is 21.6. The summed E-state index contributed by atoms with van der Waals surface area (Å²) < 4.78 is 11.4. The van der Waals surface area contributed by atoms with E-state index >= 15 is 0 Å². The molecule has 160 valence electrons. The number of aromatic carboxylic acids is 1. The lowest BCUT2D eigenvalue weighted by molar-refractivity contribution is -0.304. The first kappa shape index (κ1) is 23.0. The van der Waals surface area contributed by atoms with E-state index in [1.807, 2.05) is 6.92 Å². The molecule has 0 aliphatic carbocycles. The van der Waals surface area contributed by atoms with Crippen molar-refractivity contribution < 1.29 is 34.4 Å². The molecule has 0 saturated carbocycles. The summed E-state index contributed by atoms with van der Waals surface area (Å²) in [5, 5.41) is 31.5. The minimum Gasteiger partial charge on any atom is -0.478 e. The number of rotatable bonds is 8. The molecule has 8 nitrogen and oxygen atoms in total. The molecule has 1 fully saturated rings. The number of carboxylic acids is 1. The van der Waals surface area contributed by atoms with E-state index in [1.165, 1.54) is 30.3 Å². The molecule has 0 aromatic heterocycles. The fraction of sp³-hybridized carbons (Fsp3) is 0.524. The lowest BCUT2D eigenvalue weighted by Crippen LogP contribution is -2.54. The van der Waals surface area contributed by atoms with E-state index in [1.54, 1.807) is 19.9 Å². The van der Waals surface area contributed by atoms with Crippen molar-refractivity contribution in [1.29, 1.82) is 0 Å². The molecule has 1 heterocycles. The molecule has 1 aromatic rings. The van der Waals surface area contributed by atoms with Gasteiger partial charge in [-0.15, -0.1) is 0 Å². The second kappa shape index (κ2) is 9.98. The molecular formula is C21H29NO7. The van der Waals surface area contributed by atoms with Crippen LogP contribution in [0, 0.1) is 0 Å². The van der Waals surface area contributed by atoms with Crippen molar-refractivity contribution in [2.45, 2.75) is 70.2 Å². The molecule has 2 rings (SSSR count). The Morgan fingerprint density at radius 3 is 2.59 bits per heavy atom. The van der Waals surface area contributed by atoms with Crippen molar-refractivity contribution in [1.82, 2.24) is 0 Å². The smallest absolute Gasteiger partial charge is 0.335 e. The van der Waals surface area contributed by atoms with E-state index in [4.69, 9.17) is 14.6 Å². The van der Waals surface area contributed by atoms with Gasteiger partial charge in [-0.05, 0) is 64.0 Å². The summed E-state index contributed by atoms with van der Waals surface area (Å²) in [5.74, 6) is -1.34. The third-order valence-electron chi connectivity index (χ3n) is 4.78. The number of ether oxygens (including phenoxy) is 2. The van der Waals surface area contributed by atoms with Crippen LogP contribution in [0.4, 0.5) is 5.69 Å². The molecule has 0 spiro atoms. The van der Waals surface area contributed by atoms with Gasteiger partial charge in [-0.2, -0.15) is 0 Å². The monoisotopic (exact) mass is 407 g/mol. The number of carbonyl (C=O) groups is 2. The lowest BCUT2D eigenvalue weighted by Gasteiger charge is -2.43. The van der Waals surface area contributed by atoms with Crippen molar-refractivity contribution in [2.75, 3.05) is 5.32 Å². The van der Waals surface area contributed by atoms with Gasteiger partial charge in [0.1, 0.15) is 6.10 Å². The topological polar surface area (TPSA) is 125 Å². The van der Waals surface area contributed by atoms with Crippen LogP contribution >= 0.6 is 0 Å². The van der Waals surface area contributed by atoms with Crippen molar-refractivity contribution in [3.05, 3.63) is 42.0 Å². The largest absolute Gasteiger partial charge is 0.478 e. The zero-order valence-electron chi connectivity index (χ0n) is 16.9. The molecule has 1 aliphatic rings. The molecule has 1 aliphatic heterocycles. The van der Waals surface area contributed by atoms with Gasteiger partial charge in [0.25, 0.3) is 0 Å². The Morgan fingerprint density at radius 2 is 1.97 bits per heavy atom. The highest BCUT2D eigenvalue weighted by Crippen LogP contribution is 2.30. The molecule has 0 bridgehead atoms. The average molecular weight is 407 g/mol. The standard InChI is InChI=1S/C21H29NO7/c1-13(28-20-16(23)12-17(24)21(2,3)29-20)6-4-5-7-18(25)22-15-10-8-14(9-11-15)19(26)27/h5,7-11,13,16-17,20,23-24H,4,6,12H2,1-3H3,(H,22,25)(H,26,27)/b7-5+/t13-,16?,17?,20?/m1/s1. The summed E-state index contributed by atoms with van der Waals surface area (Å²) in [6.07, 6.45) is 1.85. The van der Waals surface area contributed by atoms with Gasteiger partial charge in [0.2, 0.25) is 5.91 Å². The number of nitrogens with one attached hydrogen (secondary N) is 1. The lowest BCUT2D eigenvalue weighted by atomic mass is 9.92. The Morgan fingerprint density at radius 1 is 1.31 bits per heavy atom. The maximum Gasteiger partial charge on any atom is 0.335 e. The number of aliphatic hydroxyl groups is 2. The van der Waals surface area contributed by atoms with Gasteiger partial charge < -0.3 is 30.1 Å². The number of aliphatic hydroxyl groups excluding tert-OH is 2. The van der Waals surface area contributed by atoms with Gasteiger partial charge in [-0.1, -0.05) is 6.08 Å². The first-order chi connectivity index (χ1) is 13.6. The van der Waals surface area contributed by atoms with Crippen molar-refractivity contribution in [3.8, 4) is 0 Å². The fourth-order valence-corrected chi connectivity index (χ4v) is 2.90. The van der Waals surface area contributed by atoms with Crippen molar-refractivity contribution in [3.63, 3.8) is 0 Å². The van der Waals surface area contributed by atoms with Gasteiger partial charge in [-0.3, -0.25) is 4.79 Å². The van der Waals surface area contributed by atoms with Crippen LogP contribution in [0.1, 0.15) is 50.4 Å². The molecule has 1 aromatic carbocycles. The summed E-state index contributed by atoms with van der Waals surface area (Å²) in [7, 11) is 0. The number of hydrogen-bond acceptors (Lipinski definition) is 6. The van der Waals surface area contributed by atoms with Crippen LogP contribution in [-0.4, -0.2) is 57.4 Å². The van der Waals surface area contributed by atoms with Gasteiger partial charge in [0.15, 0.2) is 6.29 Å². The number of anilines is 1. The molecule has 0 radical (unpaired) electrons. The Labute approximate surface area is 170 Å². The molecular weight excluding hydrogens is 378 g/mol. The summed E-state index contributed by atoms with van der Waals surface area (Å²) in [4.78, 5) is 22.7. The maximum atomic E-state index is 11.9. The van der Waals surface area contributed by atoms with Gasteiger partial charge in [-0.25, -0.2) is 4.79 Å². The number of carboxylic acid groups (broad SMARTS) is 1. The van der Waals surface area contributed by atoms with Gasteiger partial charge in [0, 0.05) is 12.1 Å². The Balaban J connectivity index is 1.73. The third-order valence-corrected chi connectivity index (χ3v) is 4.78. The van der Waals surface area contributed by atoms with E-state index in [0.29, 0.717) is 18.5 Å². The highest BCUT2D eigenvalue weighted by molar-refractivity contribution is 5.99. The first-order valence-corrected chi connectivity index (χ1v) is 9.59. The number of amides is 1. The van der Waals surface area contributed by atoms with E-state index in [-0.39, 0.29) is 24.0 Å². The number of hydrogen-bond donors (Lipinski definition) is 4. The summed E-state index contributed by atoms with van der Waals surface area (Å²) in [6.45, 7) is 5.36. The molecule has 1 saturated heterocycles. The van der Waals surface area contributed by atoms with Gasteiger partial charge >= 0.3 is 5.97 Å². The Bertz CT molecular complexity index is 729.